The summed E-state index contributed by atoms with van der Waals surface area (Å²) in [6.45, 7) is 2.06. The normalized spacial score (nSPS) is 21.8. The van der Waals surface area contributed by atoms with Crippen molar-refractivity contribution in [3.8, 4) is 11.5 Å². The first-order valence-corrected chi connectivity index (χ1v) is 5.85. The van der Waals surface area contributed by atoms with Crippen molar-refractivity contribution in [2.45, 2.75) is 19.0 Å². The van der Waals surface area contributed by atoms with Gasteiger partial charge in [0.2, 0.25) is 0 Å². The molecule has 1 unspecified atom stereocenters. The van der Waals surface area contributed by atoms with E-state index in [0.717, 1.165) is 41.3 Å². The largest absolute Gasteiger partial charge is 0.486 e. The Bertz CT molecular complexity index is 605. The van der Waals surface area contributed by atoms with E-state index in [-0.39, 0.29) is 6.04 Å². The zero-order valence-corrected chi connectivity index (χ0v) is 9.35. The zero-order chi connectivity index (χ0) is 11.4. The third-order valence-corrected chi connectivity index (χ3v) is 3.35. The van der Waals surface area contributed by atoms with Crippen molar-refractivity contribution in [1.82, 2.24) is 9.55 Å². The van der Waals surface area contributed by atoms with Crippen molar-refractivity contribution >= 4 is 11.0 Å². The number of imidazole rings is 1. The smallest absolute Gasteiger partial charge is 0.163 e. The molecule has 0 radical (unpaired) electrons. The fourth-order valence-electron chi connectivity index (χ4n) is 2.60. The van der Waals surface area contributed by atoms with E-state index in [0.29, 0.717) is 13.2 Å². The van der Waals surface area contributed by atoms with Crippen molar-refractivity contribution in [3.63, 3.8) is 0 Å². The highest BCUT2D eigenvalue weighted by Crippen LogP contribution is 2.35. The third kappa shape index (κ3) is 1.26. The SMILES string of the molecule is NC1Cc2nc3cc4c(cc3n2C1)OCCO4. The van der Waals surface area contributed by atoms with E-state index in [4.69, 9.17) is 15.2 Å². The molecule has 17 heavy (non-hydrogen) atoms. The second-order valence-electron chi connectivity index (χ2n) is 4.59. The predicted octanol–water partition coefficient (Wildman–Crippen LogP) is 0.691. The molecule has 2 aliphatic rings. The lowest BCUT2D eigenvalue weighted by molar-refractivity contribution is 0.172. The highest BCUT2D eigenvalue weighted by atomic mass is 16.6. The van der Waals surface area contributed by atoms with Crippen LogP contribution < -0.4 is 15.2 Å². The second kappa shape index (κ2) is 3.13. The van der Waals surface area contributed by atoms with Crippen LogP contribution in [0.4, 0.5) is 0 Å². The van der Waals surface area contributed by atoms with E-state index in [1.165, 1.54) is 0 Å². The number of benzene rings is 1. The van der Waals surface area contributed by atoms with E-state index in [2.05, 4.69) is 9.55 Å². The molecule has 0 saturated carbocycles. The minimum Gasteiger partial charge on any atom is -0.486 e. The van der Waals surface area contributed by atoms with Crippen molar-refractivity contribution in [2.75, 3.05) is 13.2 Å². The summed E-state index contributed by atoms with van der Waals surface area (Å²) >= 11 is 0. The molecule has 0 spiro atoms. The standard InChI is InChI=1S/C12H13N3O2/c13-7-3-12-14-8-4-10-11(17-2-1-16-10)5-9(8)15(12)6-7/h4-5,7H,1-3,6,13H2. The molecular formula is C12H13N3O2. The van der Waals surface area contributed by atoms with Gasteiger partial charge in [0.05, 0.1) is 11.0 Å². The number of aromatic nitrogens is 2. The molecule has 0 fully saturated rings. The Labute approximate surface area is 98.1 Å². The van der Waals surface area contributed by atoms with Crippen LogP contribution in [-0.4, -0.2) is 28.8 Å². The highest BCUT2D eigenvalue weighted by molar-refractivity contribution is 5.81. The molecule has 2 N–H and O–H groups in total. The van der Waals surface area contributed by atoms with Gasteiger partial charge in [-0.3, -0.25) is 0 Å². The fourth-order valence-corrected chi connectivity index (χ4v) is 2.60. The van der Waals surface area contributed by atoms with Gasteiger partial charge in [-0.05, 0) is 0 Å². The molecule has 1 atom stereocenters. The maximum absolute atomic E-state index is 5.94. The van der Waals surface area contributed by atoms with E-state index in [1.54, 1.807) is 0 Å². The molecule has 88 valence electrons. The molecule has 0 bridgehead atoms. The van der Waals surface area contributed by atoms with Gasteiger partial charge in [0, 0.05) is 31.1 Å². The fraction of sp³-hybridized carbons (Fsp3) is 0.417. The summed E-state index contributed by atoms with van der Waals surface area (Å²) in [5.74, 6) is 2.67. The van der Waals surface area contributed by atoms with Crippen molar-refractivity contribution in [3.05, 3.63) is 18.0 Å². The molecular weight excluding hydrogens is 218 g/mol. The Morgan fingerprint density at radius 1 is 1.24 bits per heavy atom. The number of fused-ring (bicyclic) bond motifs is 4. The lowest BCUT2D eigenvalue weighted by atomic mass is 10.2. The van der Waals surface area contributed by atoms with Gasteiger partial charge >= 0.3 is 0 Å². The third-order valence-electron chi connectivity index (χ3n) is 3.35. The zero-order valence-electron chi connectivity index (χ0n) is 9.35. The molecule has 0 amide bonds. The number of hydrogen-bond acceptors (Lipinski definition) is 4. The quantitative estimate of drug-likeness (QED) is 0.724. The van der Waals surface area contributed by atoms with Crippen LogP contribution in [0.1, 0.15) is 5.82 Å². The van der Waals surface area contributed by atoms with Crippen LogP contribution in [0.2, 0.25) is 0 Å². The molecule has 5 nitrogen and oxygen atoms in total. The van der Waals surface area contributed by atoms with Gasteiger partial charge < -0.3 is 19.8 Å². The highest BCUT2D eigenvalue weighted by Gasteiger charge is 2.24. The first-order valence-electron chi connectivity index (χ1n) is 5.85. The minimum absolute atomic E-state index is 0.190. The summed E-state index contributed by atoms with van der Waals surface area (Å²) in [6.07, 6.45) is 0.848. The van der Waals surface area contributed by atoms with Gasteiger partial charge in [-0.25, -0.2) is 4.98 Å². The topological polar surface area (TPSA) is 62.3 Å². The summed E-state index contributed by atoms with van der Waals surface area (Å²) in [6, 6.07) is 4.16. The Morgan fingerprint density at radius 2 is 2.00 bits per heavy atom. The lowest BCUT2D eigenvalue weighted by Gasteiger charge is -2.18. The lowest BCUT2D eigenvalue weighted by Crippen LogP contribution is -2.21. The molecule has 5 heteroatoms. The minimum atomic E-state index is 0.190. The molecule has 1 aromatic heterocycles. The Balaban J connectivity index is 1.95. The summed E-state index contributed by atoms with van der Waals surface area (Å²) < 4.78 is 13.3. The van der Waals surface area contributed by atoms with Gasteiger partial charge in [0.25, 0.3) is 0 Å². The van der Waals surface area contributed by atoms with Crippen LogP contribution in [0, 0.1) is 0 Å². The van der Waals surface area contributed by atoms with Crippen molar-refractivity contribution in [2.24, 2.45) is 5.73 Å². The molecule has 0 aliphatic carbocycles. The Morgan fingerprint density at radius 3 is 2.82 bits per heavy atom. The predicted molar refractivity (Wildman–Crippen MR) is 62.4 cm³/mol. The van der Waals surface area contributed by atoms with Gasteiger partial charge in [-0.2, -0.15) is 0 Å². The first kappa shape index (κ1) is 9.30. The number of nitrogens with zero attached hydrogens (tertiary/aromatic N) is 2. The van der Waals surface area contributed by atoms with Crippen LogP contribution in [-0.2, 0) is 13.0 Å². The molecule has 3 heterocycles. The molecule has 0 saturated heterocycles. The van der Waals surface area contributed by atoms with Crippen molar-refractivity contribution < 1.29 is 9.47 Å². The van der Waals surface area contributed by atoms with Crippen LogP contribution in [0.3, 0.4) is 0 Å². The Kier molecular flexibility index (Phi) is 1.71. The number of nitrogens with two attached hydrogens (primary N) is 1. The molecule has 2 aliphatic heterocycles. The first-order chi connectivity index (χ1) is 8.31. The van der Waals surface area contributed by atoms with E-state index < -0.39 is 0 Å². The Hall–Kier alpha value is -1.75. The summed E-state index contributed by atoms with van der Waals surface area (Å²) in [5, 5.41) is 0. The summed E-state index contributed by atoms with van der Waals surface area (Å²) in [5.41, 5.74) is 8.00. The van der Waals surface area contributed by atoms with Crippen molar-refractivity contribution in [1.29, 1.82) is 0 Å². The van der Waals surface area contributed by atoms with Crippen LogP contribution >= 0.6 is 0 Å². The maximum atomic E-state index is 5.94. The average Bonchev–Trinajstić information content (AvgIpc) is 2.82. The number of rotatable bonds is 0. The maximum Gasteiger partial charge on any atom is 0.163 e. The van der Waals surface area contributed by atoms with Gasteiger partial charge in [0.15, 0.2) is 11.5 Å². The van der Waals surface area contributed by atoms with Gasteiger partial charge in [-0.15, -0.1) is 0 Å². The second-order valence-corrected chi connectivity index (χ2v) is 4.59. The van der Waals surface area contributed by atoms with E-state index in [9.17, 15) is 0 Å². The average molecular weight is 231 g/mol. The summed E-state index contributed by atoms with van der Waals surface area (Å²) in [4.78, 5) is 4.60. The van der Waals surface area contributed by atoms with Gasteiger partial charge in [-0.1, -0.05) is 0 Å². The number of ether oxygens (including phenoxy) is 2. The molecule has 1 aromatic carbocycles. The van der Waals surface area contributed by atoms with Crippen LogP contribution in [0.15, 0.2) is 12.1 Å². The number of hydrogen-bond donors (Lipinski definition) is 1. The van der Waals surface area contributed by atoms with Crippen LogP contribution in [0.25, 0.3) is 11.0 Å². The molecule has 4 rings (SSSR count). The van der Waals surface area contributed by atoms with E-state index >= 15 is 0 Å². The van der Waals surface area contributed by atoms with Crippen LogP contribution in [0.5, 0.6) is 11.5 Å². The monoisotopic (exact) mass is 231 g/mol. The summed E-state index contributed by atoms with van der Waals surface area (Å²) in [7, 11) is 0. The van der Waals surface area contributed by atoms with E-state index in [1.807, 2.05) is 12.1 Å². The van der Waals surface area contributed by atoms with Gasteiger partial charge in [0.1, 0.15) is 19.0 Å². The molecule has 2 aromatic rings.